The number of nitrogens with zero attached hydrogens (tertiary/aromatic N) is 1. The molecule has 0 saturated heterocycles. The molecule has 122 valence electrons. The molecular formula is C18H14ClFN2O2. The van der Waals surface area contributed by atoms with E-state index in [-0.39, 0.29) is 17.3 Å². The summed E-state index contributed by atoms with van der Waals surface area (Å²) in [7, 11) is 0. The Morgan fingerprint density at radius 2 is 1.75 bits per heavy atom. The van der Waals surface area contributed by atoms with Crippen molar-refractivity contribution in [2.45, 2.75) is 6.42 Å². The van der Waals surface area contributed by atoms with Crippen LogP contribution in [0.1, 0.15) is 5.56 Å². The lowest BCUT2D eigenvalue weighted by molar-refractivity contribution is -0.137. The van der Waals surface area contributed by atoms with Crippen LogP contribution in [0.4, 0.5) is 10.1 Å². The third-order valence-electron chi connectivity index (χ3n) is 3.67. The van der Waals surface area contributed by atoms with Crippen molar-refractivity contribution >= 4 is 29.1 Å². The zero-order chi connectivity index (χ0) is 17.1. The normalized spacial score (nSPS) is 14.5. The quantitative estimate of drug-likeness (QED) is 0.847. The second-order valence-corrected chi connectivity index (χ2v) is 5.70. The first-order valence-corrected chi connectivity index (χ1v) is 7.76. The molecule has 2 amide bonds. The number of hydrogen-bond donors (Lipinski definition) is 1. The van der Waals surface area contributed by atoms with Crippen LogP contribution in [0.15, 0.2) is 65.3 Å². The number of anilines is 1. The topological polar surface area (TPSA) is 49.4 Å². The lowest BCUT2D eigenvalue weighted by Crippen LogP contribution is -2.34. The molecule has 0 aromatic heterocycles. The summed E-state index contributed by atoms with van der Waals surface area (Å²) in [5.41, 5.74) is 1.34. The number of carbonyl (C=O) groups excluding carboxylic acids is 2. The molecular weight excluding hydrogens is 331 g/mol. The highest BCUT2D eigenvalue weighted by atomic mass is 35.5. The number of halogens is 2. The van der Waals surface area contributed by atoms with E-state index in [1.807, 2.05) is 30.3 Å². The van der Waals surface area contributed by atoms with Gasteiger partial charge in [-0.1, -0.05) is 48.0 Å². The Hall–Kier alpha value is -2.66. The summed E-state index contributed by atoms with van der Waals surface area (Å²) < 4.78 is 13.2. The molecule has 0 aliphatic carbocycles. The molecule has 0 fully saturated rings. The molecule has 1 N–H and O–H groups in total. The monoisotopic (exact) mass is 344 g/mol. The Labute approximate surface area is 143 Å². The van der Waals surface area contributed by atoms with Crippen molar-refractivity contribution in [3.8, 4) is 0 Å². The molecule has 0 radical (unpaired) electrons. The van der Waals surface area contributed by atoms with Crippen molar-refractivity contribution in [1.29, 1.82) is 0 Å². The van der Waals surface area contributed by atoms with E-state index in [1.54, 1.807) is 6.07 Å². The third kappa shape index (κ3) is 3.31. The first-order chi connectivity index (χ1) is 11.6. The maximum absolute atomic E-state index is 13.2. The van der Waals surface area contributed by atoms with Crippen molar-refractivity contribution in [3.05, 3.63) is 76.7 Å². The number of rotatable bonds is 5. The van der Waals surface area contributed by atoms with Crippen molar-refractivity contribution < 1.29 is 14.0 Å². The molecule has 1 aliphatic heterocycles. The molecule has 0 atom stereocenters. The highest BCUT2D eigenvalue weighted by Gasteiger charge is 2.37. The molecule has 4 nitrogen and oxygen atoms in total. The van der Waals surface area contributed by atoms with Crippen molar-refractivity contribution in [2.75, 3.05) is 11.9 Å². The predicted molar refractivity (Wildman–Crippen MR) is 89.8 cm³/mol. The summed E-state index contributed by atoms with van der Waals surface area (Å²) in [5.74, 6) is -1.50. The van der Waals surface area contributed by atoms with Crippen molar-refractivity contribution in [3.63, 3.8) is 0 Å². The summed E-state index contributed by atoms with van der Waals surface area (Å²) >= 11 is 6.00. The molecule has 3 rings (SSSR count). The summed E-state index contributed by atoms with van der Waals surface area (Å²) in [4.78, 5) is 25.7. The average Bonchev–Trinajstić information content (AvgIpc) is 2.78. The Balaban J connectivity index is 1.72. The van der Waals surface area contributed by atoms with Gasteiger partial charge in [-0.25, -0.2) is 4.39 Å². The maximum atomic E-state index is 13.2. The average molecular weight is 345 g/mol. The molecule has 24 heavy (non-hydrogen) atoms. The second kappa shape index (κ2) is 6.84. The van der Waals surface area contributed by atoms with Crippen LogP contribution in [0.2, 0.25) is 0 Å². The van der Waals surface area contributed by atoms with E-state index in [0.717, 1.165) is 10.5 Å². The minimum atomic E-state index is -0.545. The predicted octanol–water partition coefficient (Wildman–Crippen LogP) is 3.30. The smallest absolute Gasteiger partial charge is 0.278 e. The number of carbonyl (C=O) groups is 2. The van der Waals surface area contributed by atoms with Gasteiger partial charge in [0.1, 0.15) is 16.5 Å². The van der Waals surface area contributed by atoms with Gasteiger partial charge < -0.3 is 5.32 Å². The Kier molecular flexibility index (Phi) is 4.62. The van der Waals surface area contributed by atoms with Gasteiger partial charge in [-0.05, 0) is 30.2 Å². The first kappa shape index (κ1) is 16.2. The molecule has 0 bridgehead atoms. The first-order valence-electron chi connectivity index (χ1n) is 7.39. The fraction of sp³-hybridized carbons (Fsp3) is 0.111. The van der Waals surface area contributed by atoms with Gasteiger partial charge in [0.15, 0.2) is 0 Å². The van der Waals surface area contributed by atoms with Crippen LogP contribution in [0.25, 0.3) is 0 Å². The number of hydrogen-bond acceptors (Lipinski definition) is 3. The van der Waals surface area contributed by atoms with Crippen molar-refractivity contribution in [1.82, 2.24) is 4.90 Å². The minimum Gasteiger partial charge on any atom is -0.350 e. The molecule has 1 heterocycles. The van der Waals surface area contributed by atoms with E-state index in [0.29, 0.717) is 12.1 Å². The minimum absolute atomic E-state index is 0.0275. The zero-order valence-electron chi connectivity index (χ0n) is 12.6. The summed E-state index contributed by atoms with van der Waals surface area (Å²) in [6.07, 6.45) is 0.537. The highest BCUT2D eigenvalue weighted by Crippen LogP contribution is 2.26. The standard InChI is InChI=1S/C18H14ClFN2O2/c19-15-16(21-14-8-4-7-13(20)11-14)18(24)22(17(15)23)10-9-12-5-2-1-3-6-12/h1-8,11,21H,9-10H2. The summed E-state index contributed by atoms with van der Waals surface area (Å²) in [5, 5.41) is 2.55. The molecule has 0 spiro atoms. The fourth-order valence-electron chi connectivity index (χ4n) is 2.45. The lowest BCUT2D eigenvalue weighted by atomic mass is 10.1. The number of benzene rings is 2. The van der Waals surface area contributed by atoms with Gasteiger partial charge in [0.05, 0.1) is 0 Å². The Morgan fingerprint density at radius 3 is 2.46 bits per heavy atom. The molecule has 2 aromatic rings. The summed E-state index contributed by atoms with van der Waals surface area (Å²) in [6.45, 7) is 0.228. The highest BCUT2D eigenvalue weighted by molar-refractivity contribution is 6.48. The second-order valence-electron chi connectivity index (χ2n) is 5.32. The molecule has 6 heteroatoms. The van der Waals surface area contributed by atoms with Crippen LogP contribution < -0.4 is 5.32 Å². The van der Waals surface area contributed by atoms with Gasteiger partial charge in [-0.15, -0.1) is 0 Å². The molecule has 0 unspecified atom stereocenters. The van der Waals surface area contributed by atoms with Crippen LogP contribution in [0, 0.1) is 5.82 Å². The number of amides is 2. The van der Waals surface area contributed by atoms with E-state index in [4.69, 9.17) is 11.6 Å². The van der Waals surface area contributed by atoms with Crippen molar-refractivity contribution in [2.24, 2.45) is 0 Å². The van der Waals surface area contributed by atoms with Crippen LogP contribution in [-0.2, 0) is 16.0 Å². The molecule has 0 saturated carbocycles. The van der Waals surface area contributed by atoms with Gasteiger partial charge in [0.25, 0.3) is 11.8 Å². The fourth-order valence-corrected chi connectivity index (χ4v) is 2.68. The van der Waals surface area contributed by atoms with E-state index in [1.165, 1.54) is 18.2 Å². The van der Waals surface area contributed by atoms with E-state index in [2.05, 4.69) is 5.32 Å². The largest absolute Gasteiger partial charge is 0.350 e. The van der Waals surface area contributed by atoms with Gasteiger partial charge in [0.2, 0.25) is 0 Å². The van der Waals surface area contributed by atoms with E-state index in [9.17, 15) is 14.0 Å². The number of imide groups is 1. The molecule has 1 aliphatic rings. The number of nitrogens with one attached hydrogen (secondary N) is 1. The lowest BCUT2D eigenvalue weighted by Gasteiger charge is -2.15. The van der Waals surface area contributed by atoms with Gasteiger partial charge in [0, 0.05) is 12.2 Å². The van der Waals surface area contributed by atoms with E-state index < -0.39 is 17.6 Å². The van der Waals surface area contributed by atoms with Crippen LogP contribution in [-0.4, -0.2) is 23.3 Å². The Bertz CT molecular complexity index is 821. The SMILES string of the molecule is O=C1C(Cl)=C(Nc2cccc(F)c2)C(=O)N1CCc1ccccc1. The maximum Gasteiger partial charge on any atom is 0.278 e. The van der Waals surface area contributed by atoms with Crippen LogP contribution in [0.5, 0.6) is 0 Å². The van der Waals surface area contributed by atoms with Gasteiger partial charge in [-0.2, -0.15) is 0 Å². The Morgan fingerprint density at radius 1 is 1.00 bits per heavy atom. The van der Waals surface area contributed by atoms with Gasteiger partial charge in [-0.3, -0.25) is 14.5 Å². The summed E-state index contributed by atoms with van der Waals surface area (Å²) in [6, 6.07) is 15.1. The molecule has 2 aromatic carbocycles. The van der Waals surface area contributed by atoms with Crippen LogP contribution in [0.3, 0.4) is 0 Å². The third-order valence-corrected chi connectivity index (χ3v) is 4.02. The van der Waals surface area contributed by atoms with Crippen LogP contribution >= 0.6 is 11.6 Å². The van der Waals surface area contributed by atoms with E-state index >= 15 is 0 Å². The zero-order valence-corrected chi connectivity index (χ0v) is 13.4. The van der Waals surface area contributed by atoms with Gasteiger partial charge >= 0.3 is 0 Å².